The number of halogens is 1. The quantitative estimate of drug-likeness (QED) is 0.728. The number of nitriles is 1. The lowest BCUT2D eigenvalue weighted by Crippen LogP contribution is -2.38. The molecule has 0 saturated carbocycles. The third kappa shape index (κ3) is 2.21. The van der Waals surface area contributed by atoms with Gasteiger partial charge in [0, 0.05) is 22.7 Å². The summed E-state index contributed by atoms with van der Waals surface area (Å²) in [6.45, 7) is 0. The molecule has 1 atom stereocenters. The molecule has 0 bridgehead atoms. The van der Waals surface area contributed by atoms with Crippen molar-refractivity contribution < 1.29 is 4.57 Å². The van der Waals surface area contributed by atoms with Gasteiger partial charge in [0.15, 0.2) is 12.4 Å². The van der Waals surface area contributed by atoms with E-state index in [1.807, 2.05) is 47.3 Å². The van der Waals surface area contributed by atoms with Gasteiger partial charge in [-0.1, -0.05) is 17.7 Å². The molecule has 0 aliphatic heterocycles. The van der Waals surface area contributed by atoms with Gasteiger partial charge in [-0.15, -0.1) is 0 Å². The summed E-state index contributed by atoms with van der Waals surface area (Å²) in [5, 5.41) is 9.88. The molecule has 1 heterocycles. The van der Waals surface area contributed by atoms with Gasteiger partial charge >= 0.3 is 0 Å². The summed E-state index contributed by atoms with van der Waals surface area (Å²) in [7, 11) is 0. The second kappa shape index (κ2) is 4.78. The first-order valence-corrected chi connectivity index (χ1v) is 5.30. The van der Waals surface area contributed by atoms with Crippen LogP contribution in [0.15, 0.2) is 54.9 Å². The van der Waals surface area contributed by atoms with Crippen LogP contribution in [0.3, 0.4) is 0 Å². The molecule has 2 rings (SSSR count). The molecule has 0 N–H and O–H groups in total. The number of pyridine rings is 1. The van der Waals surface area contributed by atoms with E-state index in [2.05, 4.69) is 6.07 Å². The van der Waals surface area contributed by atoms with Crippen LogP contribution in [-0.4, -0.2) is 0 Å². The molecule has 1 aromatic carbocycles. The Morgan fingerprint density at radius 2 is 1.69 bits per heavy atom. The van der Waals surface area contributed by atoms with Crippen LogP contribution in [0.25, 0.3) is 0 Å². The number of benzene rings is 1. The van der Waals surface area contributed by atoms with Crippen molar-refractivity contribution in [2.75, 3.05) is 0 Å². The highest BCUT2D eigenvalue weighted by Crippen LogP contribution is 2.15. The van der Waals surface area contributed by atoms with E-state index in [0.29, 0.717) is 5.02 Å². The highest BCUT2D eigenvalue weighted by atomic mass is 35.5. The van der Waals surface area contributed by atoms with Crippen molar-refractivity contribution >= 4 is 11.6 Å². The van der Waals surface area contributed by atoms with E-state index < -0.39 is 0 Å². The molecule has 0 spiro atoms. The summed E-state index contributed by atoms with van der Waals surface area (Å²) < 4.78 is 1.86. The summed E-state index contributed by atoms with van der Waals surface area (Å²) in [5.41, 5.74) is 0.933. The largest absolute Gasteiger partial charge is 0.269 e. The predicted molar refractivity (Wildman–Crippen MR) is 61.8 cm³/mol. The normalized spacial score (nSPS) is 11.8. The maximum atomic E-state index is 9.20. The lowest BCUT2D eigenvalue weighted by atomic mass is 10.1. The van der Waals surface area contributed by atoms with Crippen molar-refractivity contribution in [2.45, 2.75) is 6.04 Å². The molecule has 0 aliphatic rings. The van der Waals surface area contributed by atoms with Crippen LogP contribution in [0.1, 0.15) is 11.6 Å². The van der Waals surface area contributed by atoms with E-state index in [1.54, 1.807) is 12.1 Å². The van der Waals surface area contributed by atoms with Crippen molar-refractivity contribution in [1.29, 1.82) is 5.26 Å². The summed E-state index contributed by atoms with van der Waals surface area (Å²) in [6, 6.07) is 15.0. The predicted octanol–water partition coefficient (Wildman–Crippen LogP) is 2.74. The molecule has 0 amide bonds. The Morgan fingerprint density at radius 3 is 2.25 bits per heavy atom. The highest BCUT2D eigenvalue weighted by molar-refractivity contribution is 6.30. The SMILES string of the molecule is N#CC(c1ccc(Cl)cc1)[n+]1ccccc1. The molecular formula is C13H10ClN2+. The third-order valence-electron chi connectivity index (χ3n) is 2.34. The number of rotatable bonds is 2. The van der Waals surface area contributed by atoms with E-state index in [4.69, 9.17) is 11.6 Å². The van der Waals surface area contributed by atoms with Crippen molar-refractivity contribution in [3.8, 4) is 6.07 Å². The molecule has 0 saturated heterocycles. The number of hydrogen-bond donors (Lipinski definition) is 0. The van der Waals surface area contributed by atoms with Gasteiger partial charge in [-0.25, -0.2) is 0 Å². The van der Waals surface area contributed by atoms with E-state index in [0.717, 1.165) is 5.56 Å². The Kier molecular flexibility index (Phi) is 3.19. The van der Waals surface area contributed by atoms with Crippen LogP contribution >= 0.6 is 11.6 Å². The van der Waals surface area contributed by atoms with Gasteiger partial charge in [0.1, 0.15) is 6.07 Å². The zero-order valence-electron chi connectivity index (χ0n) is 8.55. The van der Waals surface area contributed by atoms with Crippen LogP contribution in [0.5, 0.6) is 0 Å². The average molecular weight is 230 g/mol. The molecule has 1 unspecified atom stereocenters. The lowest BCUT2D eigenvalue weighted by molar-refractivity contribution is -0.701. The van der Waals surface area contributed by atoms with Crippen molar-refractivity contribution in [3.63, 3.8) is 0 Å². The van der Waals surface area contributed by atoms with Crippen LogP contribution in [0.2, 0.25) is 5.02 Å². The topological polar surface area (TPSA) is 27.7 Å². The monoisotopic (exact) mass is 229 g/mol. The smallest absolute Gasteiger partial charge is 0.191 e. The van der Waals surface area contributed by atoms with E-state index in [9.17, 15) is 5.26 Å². The minimum atomic E-state index is -0.307. The summed E-state index contributed by atoms with van der Waals surface area (Å²) in [5.74, 6) is 0. The van der Waals surface area contributed by atoms with E-state index in [1.165, 1.54) is 0 Å². The number of nitrogens with zero attached hydrogens (tertiary/aromatic N) is 2. The Hall–Kier alpha value is -1.85. The summed E-state index contributed by atoms with van der Waals surface area (Å²) in [4.78, 5) is 0. The van der Waals surface area contributed by atoms with Crippen LogP contribution < -0.4 is 4.57 Å². The van der Waals surface area contributed by atoms with Gasteiger partial charge in [0.2, 0.25) is 0 Å². The first-order valence-electron chi connectivity index (χ1n) is 4.92. The van der Waals surface area contributed by atoms with Gasteiger partial charge in [-0.3, -0.25) is 0 Å². The fourth-order valence-corrected chi connectivity index (χ4v) is 1.67. The Balaban J connectivity index is 2.38. The molecule has 0 aliphatic carbocycles. The molecule has 78 valence electrons. The molecule has 0 fully saturated rings. The zero-order valence-corrected chi connectivity index (χ0v) is 9.30. The third-order valence-corrected chi connectivity index (χ3v) is 2.60. The van der Waals surface area contributed by atoms with E-state index >= 15 is 0 Å². The molecule has 3 heteroatoms. The highest BCUT2D eigenvalue weighted by Gasteiger charge is 2.18. The van der Waals surface area contributed by atoms with Gasteiger partial charge in [-0.2, -0.15) is 9.83 Å². The fraction of sp³-hybridized carbons (Fsp3) is 0.0769. The fourth-order valence-electron chi connectivity index (χ4n) is 1.54. The van der Waals surface area contributed by atoms with Gasteiger partial charge in [0.05, 0.1) is 0 Å². The van der Waals surface area contributed by atoms with Gasteiger partial charge in [0.25, 0.3) is 6.04 Å². The molecule has 2 nitrogen and oxygen atoms in total. The molecular weight excluding hydrogens is 220 g/mol. The maximum absolute atomic E-state index is 9.20. The number of aromatic nitrogens is 1. The minimum Gasteiger partial charge on any atom is -0.191 e. The second-order valence-corrected chi connectivity index (χ2v) is 3.84. The first kappa shape index (κ1) is 10.7. The maximum Gasteiger partial charge on any atom is 0.269 e. The van der Waals surface area contributed by atoms with Gasteiger partial charge < -0.3 is 0 Å². The summed E-state index contributed by atoms with van der Waals surface area (Å²) in [6.07, 6.45) is 3.75. The van der Waals surface area contributed by atoms with Gasteiger partial charge in [-0.05, 0) is 24.3 Å². The summed E-state index contributed by atoms with van der Waals surface area (Å²) >= 11 is 5.82. The first-order chi connectivity index (χ1) is 7.81. The second-order valence-electron chi connectivity index (χ2n) is 3.41. The van der Waals surface area contributed by atoms with Crippen LogP contribution in [0, 0.1) is 11.3 Å². The Labute approximate surface area is 99.3 Å². The number of hydrogen-bond acceptors (Lipinski definition) is 1. The minimum absolute atomic E-state index is 0.307. The molecule has 2 aromatic rings. The standard InChI is InChI=1S/C13H10ClN2/c14-12-6-4-11(5-7-12)13(10-15)16-8-2-1-3-9-16/h1-9,13H/q+1. The lowest BCUT2D eigenvalue weighted by Gasteiger charge is -2.04. The van der Waals surface area contributed by atoms with Crippen molar-refractivity contribution in [3.05, 3.63) is 65.4 Å². The van der Waals surface area contributed by atoms with Crippen molar-refractivity contribution in [1.82, 2.24) is 0 Å². The Bertz CT molecular complexity index is 500. The zero-order chi connectivity index (χ0) is 11.4. The van der Waals surface area contributed by atoms with Crippen molar-refractivity contribution in [2.24, 2.45) is 0 Å². The van der Waals surface area contributed by atoms with E-state index in [-0.39, 0.29) is 6.04 Å². The molecule has 16 heavy (non-hydrogen) atoms. The van der Waals surface area contributed by atoms with Crippen LogP contribution in [-0.2, 0) is 0 Å². The Morgan fingerprint density at radius 1 is 1.06 bits per heavy atom. The molecule has 0 radical (unpaired) electrons. The average Bonchev–Trinajstić information content (AvgIpc) is 2.34. The molecule has 1 aromatic heterocycles. The van der Waals surface area contributed by atoms with Crippen LogP contribution in [0.4, 0.5) is 0 Å².